The molecule has 1 heterocycles. The van der Waals surface area contributed by atoms with Gasteiger partial charge in [0.1, 0.15) is 11.4 Å². The van der Waals surface area contributed by atoms with Crippen LogP contribution in [0.25, 0.3) is 5.53 Å². The molecule has 0 unspecified atom stereocenters. The maximum atomic E-state index is 12.3. The Hall–Kier alpha value is -1.92. The molecule has 1 aromatic rings. The fourth-order valence-electron chi connectivity index (χ4n) is 1.78. The Morgan fingerprint density at radius 2 is 2.04 bits per heavy atom. The van der Waals surface area contributed by atoms with Crippen LogP contribution in [0.1, 0.15) is 32.6 Å². The monoisotopic (exact) mass is 359 g/mol. The molecule has 1 atom stereocenters. The molecule has 9 nitrogen and oxygen atoms in total. The maximum Gasteiger partial charge on any atom is 0.408 e. The molecule has 1 rings (SSSR count). The van der Waals surface area contributed by atoms with Crippen LogP contribution in [0.2, 0.25) is 0 Å². The largest absolute Gasteiger partial charge is 0.466 e. The molecule has 1 N–H and O–H groups in total. The summed E-state index contributed by atoms with van der Waals surface area (Å²) in [6.45, 7) is 5.12. The Morgan fingerprint density at radius 1 is 1.42 bits per heavy atom. The molecule has 1 amide bonds. The van der Waals surface area contributed by atoms with Gasteiger partial charge in [0, 0.05) is 14.2 Å². The van der Waals surface area contributed by atoms with Gasteiger partial charge < -0.3 is 29.0 Å². The summed E-state index contributed by atoms with van der Waals surface area (Å²) in [6, 6.07) is 2.16. The van der Waals surface area contributed by atoms with Crippen molar-refractivity contribution in [3.63, 3.8) is 0 Å². The molecule has 0 aliphatic heterocycles. The minimum Gasteiger partial charge on any atom is -0.466 e. The Morgan fingerprint density at radius 3 is 2.46 bits per heavy atom. The molecule has 134 valence electrons. The SMILES string of the molecule is COP(=O)(CC(=[N+]=[N-])[C@H](NC(=O)OC(C)(C)C)c1ccco1)OC. The van der Waals surface area contributed by atoms with Gasteiger partial charge in [0.2, 0.25) is 0 Å². The van der Waals surface area contributed by atoms with E-state index in [9.17, 15) is 14.9 Å². The zero-order valence-corrected chi connectivity index (χ0v) is 15.2. The van der Waals surface area contributed by atoms with Crippen LogP contribution < -0.4 is 5.32 Å². The van der Waals surface area contributed by atoms with Gasteiger partial charge >= 0.3 is 19.4 Å². The molecule has 0 aliphatic rings. The number of furan rings is 1. The summed E-state index contributed by atoms with van der Waals surface area (Å²) in [7, 11) is -1.10. The number of rotatable bonds is 7. The first-order valence-electron chi connectivity index (χ1n) is 7.08. The van der Waals surface area contributed by atoms with Crippen molar-refractivity contribution in [2.45, 2.75) is 32.4 Å². The Labute approximate surface area is 140 Å². The number of alkyl carbamates (subject to hydrolysis) is 1. The Kier molecular flexibility index (Phi) is 6.93. The molecule has 1 aromatic heterocycles. The zero-order valence-electron chi connectivity index (χ0n) is 14.3. The van der Waals surface area contributed by atoms with Crippen LogP contribution >= 0.6 is 7.60 Å². The van der Waals surface area contributed by atoms with Crippen LogP contribution in [-0.4, -0.2) is 42.6 Å². The third kappa shape index (κ3) is 5.94. The highest BCUT2D eigenvalue weighted by molar-refractivity contribution is 7.54. The Bertz CT molecular complexity index is 638. The number of ether oxygens (including phenoxy) is 1. The summed E-state index contributed by atoms with van der Waals surface area (Å²) >= 11 is 0. The molecular weight excluding hydrogens is 337 g/mol. The van der Waals surface area contributed by atoms with Gasteiger partial charge in [-0.15, -0.1) is 0 Å². The molecule has 0 aliphatic carbocycles. The van der Waals surface area contributed by atoms with Crippen molar-refractivity contribution in [1.29, 1.82) is 0 Å². The van der Waals surface area contributed by atoms with Crippen LogP contribution in [-0.2, 0) is 18.3 Å². The number of nitrogens with one attached hydrogen (secondary N) is 1. The molecule has 0 bridgehead atoms. The summed E-state index contributed by atoms with van der Waals surface area (Å²) in [6.07, 6.45) is 0.285. The lowest BCUT2D eigenvalue weighted by atomic mass is 10.1. The average molecular weight is 359 g/mol. The predicted molar refractivity (Wildman–Crippen MR) is 85.9 cm³/mol. The van der Waals surface area contributed by atoms with Crippen LogP contribution in [0, 0.1) is 0 Å². The Balaban J connectivity index is 3.08. The highest BCUT2D eigenvalue weighted by atomic mass is 31.2. The molecular formula is C14H22N3O6P. The summed E-state index contributed by atoms with van der Waals surface area (Å²) in [5.41, 5.74) is 8.53. The van der Waals surface area contributed by atoms with Gasteiger partial charge in [-0.05, 0) is 32.9 Å². The van der Waals surface area contributed by atoms with E-state index >= 15 is 0 Å². The van der Waals surface area contributed by atoms with E-state index in [0.29, 0.717) is 0 Å². The van der Waals surface area contributed by atoms with Crippen molar-refractivity contribution >= 4 is 19.4 Å². The first-order valence-corrected chi connectivity index (χ1v) is 8.81. The average Bonchev–Trinajstić information content (AvgIpc) is 3.02. The summed E-state index contributed by atoms with van der Waals surface area (Å²) in [5, 5.41) is 2.52. The maximum absolute atomic E-state index is 12.3. The topological polar surface area (TPSA) is 123 Å². The fraction of sp³-hybridized carbons (Fsp3) is 0.571. The molecule has 0 saturated carbocycles. The predicted octanol–water partition coefficient (Wildman–Crippen LogP) is 3.00. The van der Waals surface area contributed by atoms with Crippen molar-refractivity contribution in [2.24, 2.45) is 0 Å². The van der Waals surface area contributed by atoms with E-state index in [1.54, 1.807) is 32.9 Å². The normalized spacial score (nSPS) is 13.0. The van der Waals surface area contributed by atoms with Crippen molar-refractivity contribution in [2.75, 3.05) is 20.4 Å². The van der Waals surface area contributed by atoms with E-state index in [4.69, 9.17) is 18.2 Å². The number of hydrogen-bond donors (Lipinski definition) is 1. The molecule has 0 aromatic carbocycles. The van der Waals surface area contributed by atoms with E-state index in [-0.39, 0.29) is 17.6 Å². The standard InChI is InChI=1S/C14H22N3O6P/c1-14(2,3)23-13(18)16-12(11-7-6-8-22-11)10(17-15)9-24(19,20-4)21-5/h6-8,12H,9H2,1-5H3,(H,16,18)/t12-/m0/s1. The first-order chi connectivity index (χ1) is 11.1. The van der Waals surface area contributed by atoms with Gasteiger partial charge in [-0.2, -0.15) is 4.79 Å². The van der Waals surface area contributed by atoms with Gasteiger partial charge in [0.05, 0.1) is 6.26 Å². The molecule has 24 heavy (non-hydrogen) atoms. The number of carbonyl (C=O) groups is 1. The van der Waals surface area contributed by atoms with Crippen LogP contribution in [0.5, 0.6) is 0 Å². The number of nitrogens with zero attached hydrogens (tertiary/aromatic N) is 2. The number of hydrogen-bond acceptors (Lipinski definition) is 6. The van der Waals surface area contributed by atoms with Crippen LogP contribution in [0.4, 0.5) is 4.79 Å². The minimum absolute atomic E-state index is 0.0668. The van der Waals surface area contributed by atoms with Crippen LogP contribution in [0.3, 0.4) is 0 Å². The van der Waals surface area contributed by atoms with Gasteiger partial charge in [-0.3, -0.25) is 4.57 Å². The summed E-state index contributed by atoms with van der Waals surface area (Å²) < 4.78 is 32.4. The third-order valence-electron chi connectivity index (χ3n) is 2.86. The van der Waals surface area contributed by atoms with E-state index < -0.39 is 25.3 Å². The van der Waals surface area contributed by atoms with Gasteiger partial charge in [-0.25, -0.2) is 4.79 Å². The first kappa shape index (κ1) is 20.1. The lowest BCUT2D eigenvalue weighted by molar-refractivity contribution is -0.0134. The lowest BCUT2D eigenvalue weighted by Crippen LogP contribution is -2.39. The van der Waals surface area contributed by atoms with Gasteiger partial charge in [-0.1, -0.05) is 0 Å². The van der Waals surface area contributed by atoms with Crippen LogP contribution in [0.15, 0.2) is 22.8 Å². The van der Waals surface area contributed by atoms with Crippen molar-refractivity contribution in [3.05, 3.63) is 29.7 Å². The summed E-state index contributed by atoms with van der Waals surface area (Å²) in [5.74, 6) is 0.271. The second-order valence-corrected chi connectivity index (χ2v) is 8.09. The highest BCUT2D eigenvalue weighted by Gasteiger charge is 2.38. The van der Waals surface area contributed by atoms with E-state index in [0.717, 1.165) is 0 Å². The molecule has 0 fully saturated rings. The van der Waals surface area contributed by atoms with Crippen molar-refractivity contribution < 1.29 is 32.4 Å². The van der Waals surface area contributed by atoms with Crippen molar-refractivity contribution in [3.8, 4) is 0 Å². The van der Waals surface area contributed by atoms with E-state index in [1.165, 1.54) is 20.5 Å². The highest BCUT2D eigenvalue weighted by Crippen LogP contribution is 2.46. The number of amides is 1. The molecule has 0 saturated heterocycles. The zero-order chi connectivity index (χ0) is 18.4. The minimum atomic E-state index is -3.52. The van der Waals surface area contributed by atoms with Gasteiger partial charge in [0.25, 0.3) is 0 Å². The molecule has 10 heteroatoms. The fourth-order valence-corrected chi connectivity index (χ4v) is 2.83. The molecule has 0 spiro atoms. The quantitative estimate of drug-likeness (QED) is 0.345. The third-order valence-corrected chi connectivity index (χ3v) is 4.69. The van der Waals surface area contributed by atoms with Gasteiger partial charge in [0.15, 0.2) is 12.2 Å². The van der Waals surface area contributed by atoms with Crippen molar-refractivity contribution in [1.82, 2.24) is 5.32 Å². The second kappa shape index (κ2) is 8.26. The lowest BCUT2D eigenvalue weighted by Gasteiger charge is -2.22. The van der Waals surface area contributed by atoms with E-state index in [2.05, 4.69) is 10.1 Å². The second-order valence-electron chi connectivity index (χ2n) is 5.82. The smallest absolute Gasteiger partial charge is 0.408 e. The van der Waals surface area contributed by atoms with E-state index in [1.807, 2.05) is 0 Å². The molecule has 0 radical (unpaired) electrons. The summed E-state index contributed by atoms with van der Waals surface area (Å²) in [4.78, 5) is 15.2. The number of carbonyl (C=O) groups excluding carboxylic acids is 1.